The average molecular weight is 298 g/mol. The van der Waals surface area contributed by atoms with Gasteiger partial charge in [-0.3, -0.25) is 4.79 Å². The molecule has 0 spiro atoms. The molecule has 2 aliphatic rings. The maximum atomic E-state index is 11.9. The quantitative estimate of drug-likeness (QED) is 0.721. The van der Waals surface area contributed by atoms with Gasteiger partial charge in [-0.15, -0.1) is 0 Å². The van der Waals surface area contributed by atoms with Crippen LogP contribution in [0.2, 0.25) is 0 Å². The van der Waals surface area contributed by atoms with Crippen molar-refractivity contribution in [2.75, 3.05) is 13.2 Å². The third-order valence-corrected chi connectivity index (χ3v) is 4.63. The van der Waals surface area contributed by atoms with Crippen LogP contribution in [0.4, 0.5) is 4.79 Å². The molecule has 3 N–H and O–H groups in total. The van der Waals surface area contributed by atoms with Gasteiger partial charge in [0.25, 0.3) is 0 Å². The molecular weight excluding hydrogens is 272 g/mol. The monoisotopic (exact) mass is 298 g/mol. The van der Waals surface area contributed by atoms with E-state index in [1.807, 2.05) is 6.92 Å². The summed E-state index contributed by atoms with van der Waals surface area (Å²) in [6.45, 7) is 3.37. The van der Waals surface area contributed by atoms with Gasteiger partial charge in [0, 0.05) is 13.2 Å². The van der Waals surface area contributed by atoms with E-state index in [4.69, 9.17) is 9.84 Å². The van der Waals surface area contributed by atoms with Gasteiger partial charge in [-0.2, -0.15) is 0 Å². The molecule has 21 heavy (non-hydrogen) atoms. The molecule has 6 heteroatoms. The summed E-state index contributed by atoms with van der Waals surface area (Å²) in [5.41, 5.74) is 0. The van der Waals surface area contributed by atoms with E-state index < -0.39 is 5.97 Å². The van der Waals surface area contributed by atoms with Crippen molar-refractivity contribution >= 4 is 12.0 Å². The van der Waals surface area contributed by atoms with Crippen LogP contribution in [0.5, 0.6) is 0 Å². The lowest BCUT2D eigenvalue weighted by Crippen LogP contribution is -2.47. The molecule has 1 aliphatic heterocycles. The Morgan fingerprint density at radius 1 is 1.24 bits per heavy atom. The van der Waals surface area contributed by atoms with Crippen LogP contribution in [0, 0.1) is 11.8 Å². The van der Waals surface area contributed by atoms with E-state index in [1.165, 1.54) is 0 Å². The molecule has 1 saturated heterocycles. The summed E-state index contributed by atoms with van der Waals surface area (Å²) < 4.78 is 5.55. The fourth-order valence-electron chi connectivity index (χ4n) is 3.20. The van der Waals surface area contributed by atoms with Crippen molar-refractivity contribution in [2.24, 2.45) is 11.8 Å². The Bertz CT molecular complexity index is 361. The highest BCUT2D eigenvalue weighted by atomic mass is 16.5. The molecule has 6 nitrogen and oxygen atoms in total. The van der Waals surface area contributed by atoms with Crippen LogP contribution in [-0.2, 0) is 9.53 Å². The normalized spacial score (nSPS) is 30.6. The van der Waals surface area contributed by atoms with Crippen molar-refractivity contribution in [2.45, 2.75) is 57.6 Å². The lowest BCUT2D eigenvalue weighted by Gasteiger charge is -2.26. The largest absolute Gasteiger partial charge is 0.481 e. The number of carbonyl (C=O) groups excluding carboxylic acids is 1. The topological polar surface area (TPSA) is 87.7 Å². The fourth-order valence-corrected chi connectivity index (χ4v) is 3.20. The highest BCUT2D eigenvalue weighted by Crippen LogP contribution is 2.28. The van der Waals surface area contributed by atoms with E-state index in [1.54, 1.807) is 0 Å². The van der Waals surface area contributed by atoms with Gasteiger partial charge in [-0.05, 0) is 51.4 Å². The maximum Gasteiger partial charge on any atom is 0.315 e. The number of carboxylic acid groups (broad SMARTS) is 1. The molecule has 0 bridgehead atoms. The highest BCUT2D eigenvalue weighted by Gasteiger charge is 2.27. The number of amides is 2. The maximum absolute atomic E-state index is 11.9. The summed E-state index contributed by atoms with van der Waals surface area (Å²) in [5, 5.41) is 14.8. The number of carbonyl (C=O) groups is 2. The Hall–Kier alpha value is -1.30. The third kappa shape index (κ3) is 4.88. The van der Waals surface area contributed by atoms with Crippen LogP contribution >= 0.6 is 0 Å². The molecular formula is C15H26N2O4. The smallest absolute Gasteiger partial charge is 0.315 e. The number of rotatable bonds is 5. The molecule has 0 radical (unpaired) electrons. The molecule has 0 aromatic rings. The molecule has 120 valence electrons. The lowest BCUT2D eigenvalue weighted by molar-refractivity contribution is -0.143. The summed E-state index contributed by atoms with van der Waals surface area (Å²) in [7, 11) is 0. The second kappa shape index (κ2) is 7.64. The molecule has 1 saturated carbocycles. The Kier molecular flexibility index (Phi) is 5.85. The molecule has 0 aromatic carbocycles. The van der Waals surface area contributed by atoms with Gasteiger partial charge in [-0.1, -0.05) is 0 Å². The molecule has 2 fully saturated rings. The SMILES string of the molecule is CC(NC(=O)NCC1CCC(C(=O)O)CC1)C1CCCO1. The van der Waals surface area contributed by atoms with Crippen LogP contribution in [0.25, 0.3) is 0 Å². The standard InChI is InChI=1S/C15H26N2O4/c1-10(13-3-2-8-21-13)17-15(20)16-9-11-4-6-12(7-5-11)14(18)19/h10-13H,2-9H2,1H3,(H,18,19)(H2,16,17,20). The van der Waals surface area contributed by atoms with Gasteiger partial charge in [0.15, 0.2) is 0 Å². The second-order valence-corrected chi connectivity index (χ2v) is 6.25. The minimum absolute atomic E-state index is 0.0234. The van der Waals surface area contributed by atoms with E-state index in [0.717, 1.165) is 45.1 Å². The van der Waals surface area contributed by atoms with E-state index >= 15 is 0 Å². The zero-order chi connectivity index (χ0) is 15.2. The van der Waals surface area contributed by atoms with Crippen molar-refractivity contribution in [3.05, 3.63) is 0 Å². The predicted octanol–water partition coefficient (Wildman–Crippen LogP) is 1.74. The van der Waals surface area contributed by atoms with Crippen molar-refractivity contribution in [3.63, 3.8) is 0 Å². The third-order valence-electron chi connectivity index (χ3n) is 4.63. The van der Waals surface area contributed by atoms with Crippen molar-refractivity contribution < 1.29 is 19.4 Å². The molecule has 2 atom stereocenters. The Morgan fingerprint density at radius 2 is 1.95 bits per heavy atom. The van der Waals surface area contributed by atoms with Crippen molar-refractivity contribution in [1.29, 1.82) is 0 Å². The van der Waals surface area contributed by atoms with Gasteiger partial charge >= 0.3 is 12.0 Å². The average Bonchev–Trinajstić information content (AvgIpc) is 3.00. The van der Waals surface area contributed by atoms with E-state index in [9.17, 15) is 9.59 Å². The number of ether oxygens (including phenoxy) is 1. The molecule has 1 aliphatic carbocycles. The summed E-state index contributed by atoms with van der Waals surface area (Å²) >= 11 is 0. The first-order chi connectivity index (χ1) is 10.1. The zero-order valence-corrected chi connectivity index (χ0v) is 12.6. The van der Waals surface area contributed by atoms with Gasteiger partial charge in [0.05, 0.1) is 18.1 Å². The van der Waals surface area contributed by atoms with Crippen LogP contribution < -0.4 is 10.6 Å². The van der Waals surface area contributed by atoms with Crippen molar-refractivity contribution in [1.82, 2.24) is 10.6 Å². The van der Waals surface area contributed by atoms with Crippen LogP contribution in [0.15, 0.2) is 0 Å². The van der Waals surface area contributed by atoms with Gasteiger partial charge in [0.1, 0.15) is 0 Å². The molecule has 1 heterocycles. The fraction of sp³-hybridized carbons (Fsp3) is 0.867. The highest BCUT2D eigenvalue weighted by molar-refractivity contribution is 5.74. The Balaban J connectivity index is 1.62. The number of aliphatic carboxylic acids is 1. The second-order valence-electron chi connectivity index (χ2n) is 6.25. The summed E-state index contributed by atoms with van der Waals surface area (Å²) in [6, 6.07) is -0.131. The number of urea groups is 1. The Labute approximate surface area is 125 Å². The minimum atomic E-state index is -0.690. The first-order valence-electron chi connectivity index (χ1n) is 7.95. The molecule has 2 rings (SSSR count). The molecule has 2 unspecified atom stereocenters. The zero-order valence-electron chi connectivity index (χ0n) is 12.6. The predicted molar refractivity (Wildman–Crippen MR) is 78.1 cm³/mol. The molecule has 2 amide bonds. The van der Waals surface area contributed by atoms with Crippen LogP contribution in [-0.4, -0.2) is 42.4 Å². The first kappa shape index (κ1) is 16.1. The molecule has 0 aromatic heterocycles. The first-order valence-corrected chi connectivity index (χ1v) is 7.95. The minimum Gasteiger partial charge on any atom is -0.481 e. The summed E-state index contributed by atoms with van der Waals surface area (Å²) in [5.74, 6) is -0.497. The van der Waals surface area contributed by atoms with E-state index in [0.29, 0.717) is 12.5 Å². The Morgan fingerprint density at radius 3 is 2.52 bits per heavy atom. The van der Waals surface area contributed by atoms with Gasteiger partial charge in [0.2, 0.25) is 0 Å². The number of nitrogens with one attached hydrogen (secondary N) is 2. The van der Waals surface area contributed by atoms with Crippen LogP contribution in [0.1, 0.15) is 45.4 Å². The van der Waals surface area contributed by atoms with Crippen molar-refractivity contribution in [3.8, 4) is 0 Å². The van der Waals surface area contributed by atoms with Gasteiger partial charge < -0.3 is 20.5 Å². The van der Waals surface area contributed by atoms with E-state index in [2.05, 4.69) is 10.6 Å². The number of hydrogen-bond donors (Lipinski definition) is 3. The summed E-state index contributed by atoms with van der Waals surface area (Å²) in [6.07, 6.45) is 5.37. The summed E-state index contributed by atoms with van der Waals surface area (Å²) in [4.78, 5) is 22.7. The number of hydrogen-bond acceptors (Lipinski definition) is 3. The van der Waals surface area contributed by atoms with Crippen LogP contribution in [0.3, 0.4) is 0 Å². The number of carboxylic acids is 1. The van der Waals surface area contributed by atoms with Gasteiger partial charge in [-0.25, -0.2) is 4.79 Å². The lowest BCUT2D eigenvalue weighted by atomic mass is 9.82. The van der Waals surface area contributed by atoms with E-state index in [-0.39, 0.29) is 24.1 Å².